The number of ether oxygens (including phenoxy) is 1. The van der Waals surface area contributed by atoms with E-state index in [-0.39, 0.29) is 30.2 Å². The van der Waals surface area contributed by atoms with Crippen LogP contribution in [0.3, 0.4) is 0 Å². The monoisotopic (exact) mass is 435 g/mol. The third kappa shape index (κ3) is 5.13. The normalized spacial score (nSPS) is 19.9. The molecule has 6 heteroatoms. The fourth-order valence-corrected chi connectivity index (χ4v) is 4.79. The van der Waals surface area contributed by atoms with Crippen LogP contribution in [-0.4, -0.2) is 54.9 Å². The molecule has 0 aromatic heterocycles. The maximum absolute atomic E-state index is 13.0. The molecular weight excluding hydrogens is 402 g/mol. The third-order valence-electron chi connectivity index (χ3n) is 6.63. The molecule has 0 unspecified atom stereocenters. The minimum Gasteiger partial charge on any atom is -0.496 e. The zero-order valence-electron chi connectivity index (χ0n) is 19.0. The van der Waals surface area contributed by atoms with Crippen molar-refractivity contribution in [2.24, 2.45) is 5.92 Å². The number of hydrogen-bond donors (Lipinski definition) is 1. The molecule has 2 fully saturated rings. The van der Waals surface area contributed by atoms with Crippen LogP contribution in [0, 0.1) is 12.8 Å². The van der Waals surface area contributed by atoms with Crippen molar-refractivity contribution < 1.29 is 14.3 Å². The molecule has 0 spiro atoms. The number of nitrogens with one attached hydrogen (secondary N) is 1. The predicted octanol–water partition coefficient (Wildman–Crippen LogP) is 3.31. The van der Waals surface area contributed by atoms with Gasteiger partial charge < -0.3 is 15.0 Å². The van der Waals surface area contributed by atoms with Gasteiger partial charge in [-0.25, -0.2) is 0 Å². The second-order valence-electron chi connectivity index (χ2n) is 8.91. The number of likely N-dealkylation sites (tertiary alicyclic amines) is 2. The highest BCUT2D eigenvalue weighted by molar-refractivity contribution is 5.89. The Hall–Kier alpha value is -2.86. The fourth-order valence-electron chi connectivity index (χ4n) is 4.79. The van der Waals surface area contributed by atoms with Gasteiger partial charge in [0.05, 0.1) is 19.1 Å². The Morgan fingerprint density at radius 1 is 1.12 bits per heavy atom. The van der Waals surface area contributed by atoms with Crippen molar-refractivity contribution in [1.29, 1.82) is 0 Å². The summed E-state index contributed by atoms with van der Waals surface area (Å²) in [5.74, 6) is 0.555. The number of benzene rings is 2. The number of rotatable bonds is 8. The van der Waals surface area contributed by atoms with Crippen LogP contribution in [0.15, 0.2) is 48.5 Å². The van der Waals surface area contributed by atoms with Crippen LogP contribution in [0.25, 0.3) is 0 Å². The molecule has 1 N–H and O–H groups in total. The van der Waals surface area contributed by atoms with Crippen LogP contribution >= 0.6 is 0 Å². The summed E-state index contributed by atoms with van der Waals surface area (Å²) in [7, 11) is 1.69. The number of carbonyl (C=O) groups is 2. The molecule has 2 atom stereocenters. The minimum atomic E-state index is -0.301. The highest BCUT2D eigenvalue weighted by Crippen LogP contribution is 2.31. The first-order valence-electron chi connectivity index (χ1n) is 11.5. The van der Waals surface area contributed by atoms with Crippen LogP contribution in [0.2, 0.25) is 0 Å². The van der Waals surface area contributed by atoms with Gasteiger partial charge in [0.25, 0.3) is 0 Å². The van der Waals surface area contributed by atoms with Gasteiger partial charge in [0.1, 0.15) is 5.75 Å². The van der Waals surface area contributed by atoms with E-state index >= 15 is 0 Å². The molecule has 0 radical (unpaired) electrons. The highest BCUT2D eigenvalue weighted by Gasteiger charge is 2.35. The van der Waals surface area contributed by atoms with Crippen molar-refractivity contribution in [3.05, 3.63) is 65.2 Å². The van der Waals surface area contributed by atoms with Crippen molar-refractivity contribution in [3.63, 3.8) is 0 Å². The van der Waals surface area contributed by atoms with E-state index in [4.69, 9.17) is 4.74 Å². The van der Waals surface area contributed by atoms with Crippen molar-refractivity contribution >= 4 is 11.8 Å². The topological polar surface area (TPSA) is 61.9 Å². The number of para-hydroxylation sites is 1. The number of nitrogens with zero attached hydrogens (tertiary/aromatic N) is 2. The summed E-state index contributed by atoms with van der Waals surface area (Å²) in [4.78, 5) is 29.7. The fraction of sp³-hybridized carbons (Fsp3) is 0.462. The van der Waals surface area contributed by atoms with Gasteiger partial charge in [-0.15, -0.1) is 0 Å². The van der Waals surface area contributed by atoms with E-state index in [0.717, 1.165) is 30.0 Å². The quantitative estimate of drug-likeness (QED) is 0.691. The van der Waals surface area contributed by atoms with Crippen molar-refractivity contribution in [2.45, 2.75) is 38.8 Å². The van der Waals surface area contributed by atoms with Gasteiger partial charge in [-0.05, 0) is 44.5 Å². The summed E-state index contributed by atoms with van der Waals surface area (Å²) in [6.45, 7) is 5.63. The van der Waals surface area contributed by atoms with E-state index in [0.29, 0.717) is 19.6 Å². The Kier molecular flexibility index (Phi) is 7.10. The minimum absolute atomic E-state index is 0.0381. The maximum Gasteiger partial charge on any atom is 0.225 e. The molecule has 2 aromatic rings. The van der Waals surface area contributed by atoms with Gasteiger partial charge >= 0.3 is 0 Å². The number of hydrogen-bond acceptors (Lipinski definition) is 4. The molecule has 2 amide bonds. The maximum atomic E-state index is 13.0. The van der Waals surface area contributed by atoms with Gasteiger partial charge in [-0.2, -0.15) is 0 Å². The zero-order valence-corrected chi connectivity index (χ0v) is 19.0. The summed E-state index contributed by atoms with van der Waals surface area (Å²) < 4.78 is 5.59. The molecule has 2 aromatic carbocycles. The highest BCUT2D eigenvalue weighted by atomic mass is 16.5. The standard InChI is InChI=1S/C26H33N3O3/c1-19-9-11-20(12-10-19)17-29-18-21(15-25(29)30)26(31)27-16-23(28-13-5-6-14-28)22-7-3-4-8-24(22)32-2/h3-4,7-12,21,23H,5-6,13-18H2,1-2H3,(H,27,31)/t21-,23-/m0/s1. The molecule has 0 saturated carbocycles. The average Bonchev–Trinajstić information content (AvgIpc) is 3.46. The van der Waals surface area contributed by atoms with Crippen LogP contribution in [-0.2, 0) is 16.1 Å². The molecule has 2 heterocycles. The van der Waals surface area contributed by atoms with Crippen molar-refractivity contribution in [2.75, 3.05) is 33.3 Å². The number of amides is 2. The van der Waals surface area contributed by atoms with Gasteiger partial charge in [-0.1, -0.05) is 48.0 Å². The SMILES string of the molecule is COc1ccccc1[C@H](CNC(=O)[C@H]1CC(=O)N(Cc2ccc(C)cc2)C1)N1CCCC1. The lowest BCUT2D eigenvalue weighted by Gasteiger charge is -2.29. The Morgan fingerprint density at radius 3 is 2.56 bits per heavy atom. The predicted molar refractivity (Wildman–Crippen MR) is 124 cm³/mol. The second-order valence-corrected chi connectivity index (χ2v) is 8.91. The molecular formula is C26H33N3O3. The summed E-state index contributed by atoms with van der Waals surface area (Å²) >= 11 is 0. The smallest absolute Gasteiger partial charge is 0.225 e. The van der Waals surface area contributed by atoms with Gasteiger partial charge in [0.2, 0.25) is 11.8 Å². The lowest BCUT2D eigenvalue weighted by atomic mass is 10.0. The van der Waals surface area contributed by atoms with E-state index in [1.807, 2.05) is 37.3 Å². The summed E-state index contributed by atoms with van der Waals surface area (Å²) in [6.07, 6.45) is 2.62. The molecule has 0 bridgehead atoms. The second kappa shape index (κ2) is 10.2. The Bertz CT molecular complexity index is 938. The molecule has 2 saturated heterocycles. The lowest BCUT2D eigenvalue weighted by Crippen LogP contribution is -2.40. The number of aryl methyl sites for hydroxylation is 1. The van der Waals surface area contributed by atoms with Gasteiger partial charge in [0.15, 0.2) is 0 Å². The van der Waals surface area contributed by atoms with Crippen LogP contribution < -0.4 is 10.1 Å². The van der Waals surface area contributed by atoms with E-state index in [1.54, 1.807) is 12.0 Å². The lowest BCUT2D eigenvalue weighted by molar-refractivity contribution is -0.129. The summed E-state index contributed by atoms with van der Waals surface area (Å²) in [6, 6.07) is 16.3. The molecule has 32 heavy (non-hydrogen) atoms. The Balaban J connectivity index is 1.38. The Labute approximate surface area is 190 Å². The molecule has 0 aliphatic carbocycles. The third-order valence-corrected chi connectivity index (χ3v) is 6.63. The molecule has 2 aliphatic rings. The largest absolute Gasteiger partial charge is 0.496 e. The average molecular weight is 436 g/mol. The molecule has 4 rings (SSSR count). The van der Waals surface area contributed by atoms with Crippen molar-refractivity contribution in [3.8, 4) is 5.75 Å². The van der Waals surface area contributed by atoms with E-state index in [2.05, 4.69) is 28.4 Å². The molecule has 2 aliphatic heterocycles. The number of methoxy groups -OCH3 is 1. The van der Waals surface area contributed by atoms with E-state index < -0.39 is 0 Å². The van der Waals surface area contributed by atoms with E-state index in [1.165, 1.54) is 18.4 Å². The first kappa shape index (κ1) is 22.3. The number of carbonyl (C=O) groups excluding carboxylic acids is 2. The van der Waals surface area contributed by atoms with Crippen LogP contribution in [0.5, 0.6) is 5.75 Å². The van der Waals surface area contributed by atoms with Gasteiger partial charge in [-0.3, -0.25) is 14.5 Å². The van der Waals surface area contributed by atoms with Crippen LogP contribution in [0.4, 0.5) is 0 Å². The van der Waals surface area contributed by atoms with E-state index in [9.17, 15) is 9.59 Å². The summed E-state index contributed by atoms with van der Waals surface area (Å²) in [5, 5.41) is 3.15. The van der Waals surface area contributed by atoms with Crippen molar-refractivity contribution in [1.82, 2.24) is 15.1 Å². The molecule has 6 nitrogen and oxygen atoms in total. The zero-order chi connectivity index (χ0) is 22.5. The first-order chi connectivity index (χ1) is 15.5. The first-order valence-corrected chi connectivity index (χ1v) is 11.5. The van der Waals surface area contributed by atoms with Crippen LogP contribution in [0.1, 0.15) is 42.0 Å². The Morgan fingerprint density at radius 2 is 1.84 bits per heavy atom. The molecule has 170 valence electrons. The summed E-state index contributed by atoms with van der Waals surface area (Å²) in [5.41, 5.74) is 3.39. The van der Waals surface area contributed by atoms with Gasteiger partial charge in [0, 0.05) is 31.6 Å².